The van der Waals surface area contributed by atoms with Crippen molar-refractivity contribution in [2.24, 2.45) is 5.92 Å². The molecule has 3 aliphatic rings. The first kappa shape index (κ1) is 10.9. The fourth-order valence-electron chi connectivity index (χ4n) is 3.25. The lowest BCUT2D eigenvalue weighted by molar-refractivity contribution is -0.132. The van der Waals surface area contributed by atoms with Gasteiger partial charge in [-0.1, -0.05) is 12.8 Å². The molecule has 0 bridgehead atoms. The maximum Gasteiger partial charge on any atom is 0.243 e. The van der Waals surface area contributed by atoms with E-state index in [0.29, 0.717) is 5.91 Å². The van der Waals surface area contributed by atoms with Gasteiger partial charge in [-0.05, 0) is 36.7 Å². The van der Waals surface area contributed by atoms with Crippen LogP contribution in [0, 0.1) is 5.92 Å². The van der Waals surface area contributed by atoms with Gasteiger partial charge in [-0.25, -0.2) is 0 Å². The molecule has 0 aromatic rings. The first-order valence-corrected chi connectivity index (χ1v) is 7.58. The van der Waals surface area contributed by atoms with Gasteiger partial charge in [-0.3, -0.25) is 10.1 Å². The van der Waals surface area contributed by atoms with E-state index in [0.717, 1.165) is 32.0 Å². The Morgan fingerprint density at radius 3 is 2.94 bits per heavy atom. The summed E-state index contributed by atoms with van der Waals surface area (Å²) >= 11 is 2.03. The van der Waals surface area contributed by atoms with Crippen molar-refractivity contribution in [2.45, 2.75) is 37.6 Å². The minimum Gasteiger partial charge on any atom is -0.328 e. The zero-order chi connectivity index (χ0) is 11.0. The van der Waals surface area contributed by atoms with Crippen molar-refractivity contribution in [3.8, 4) is 0 Å². The summed E-state index contributed by atoms with van der Waals surface area (Å²) in [4.78, 5) is 14.4. The Morgan fingerprint density at radius 2 is 2.25 bits per heavy atom. The smallest absolute Gasteiger partial charge is 0.243 e. The Bertz CT molecular complexity index is 283. The summed E-state index contributed by atoms with van der Waals surface area (Å²) in [5.74, 6) is 3.66. The Morgan fingerprint density at radius 1 is 1.44 bits per heavy atom. The Labute approximate surface area is 101 Å². The molecule has 3 fully saturated rings. The van der Waals surface area contributed by atoms with Crippen molar-refractivity contribution < 1.29 is 4.79 Å². The van der Waals surface area contributed by atoms with Crippen molar-refractivity contribution in [3.05, 3.63) is 0 Å². The number of hydrogen-bond acceptors (Lipinski definition) is 3. The van der Waals surface area contributed by atoms with Crippen LogP contribution >= 0.6 is 11.8 Å². The number of nitrogens with zero attached hydrogens (tertiary/aromatic N) is 1. The van der Waals surface area contributed by atoms with Crippen LogP contribution in [0.4, 0.5) is 0 Å². The van der Waals surface area contributed by atoms with Gasteiger partial charge in [0.1, 0.15) is 0 Å². The van der Waals surface area contributed by atoms with E-state index in [1.165, 1.54) is 30.8 Å². The molecule has 1 spiro atoms. The van der Waals surface area contributed by atoms with Gasteiger partial charge in [0.25, 0.3) is 0 Å². The minimum atomic E-state index is -0.147. The Balaban J connectivity index is 1.63. The molecule has 1 aliphatic carbocycles. The third-order valence-electron chi connectivity index (χ3n) is 4.26. The van der Waals surface area contributed by atoms with Gasteiger partial charge in [0.2, 0.25) is 5.91 Å². The predicted molar refractivity (Wildman–Crippen MR) is 66.3 cm³/mol. The van der Waals surface area contributed by atoms with E-state index in [4.69, 9.17) is 0 Å². The topological polar surface area (TPSA) is 32.3 Å². The maximum atomic E-state index is 12.4. The first-order chi connectivity index (χ1) is 7.80. The molecular formula is C12H20N2OS. The van der Waals surface area contributed by atoms with Crippen LogP contribution < -0.4 is 5.32 Å². The summed E-state index contributed by atoms with van der Waals surface area (Å²) in [7, 11) is 0. The third-order valence-corrected chi connectivity index (χ3v) is 5.50. The highest BCUT2D eigenvalue weighted by atomic mass is 32.2. The standard InChI is InChI=1S/C12H20N2OS/c15-11-12(4-1-2-5-12)13-9-14(11)7-10-3-6-16-8-10/h10,13H,1-9H2. The van der Waals surface area contributed by atoms with Crippen molar-refractivity contribution in [1.82, 2.24) is 10.2 Å². The molecule has 2 heterocycles. The van der Waals surface area contributed by atoms with Gasteiger partial charge in [-0.2, -0.15) is 11.8 Å². The van der Waals surface area contributed by atoms with Gasteiger partial charge >= 0.3 is 0 Å². The molecule has 2 aliphatic heterocycles. The molecule has 1 saturated carbocycles. The quantitative estimate of drug-likeness (QED) is 0.793. The highest BCUT2D eigenvalue weighted by molar-refractivity contribution is 7.99. The minimum absolute atomic E-state index is 0.147. The molecule has 0 aromatic carbocycles. The number of hydrogen-bond donors (Lipinski definition) is 1. The number of amides is 1. The maximum absolute atomic E-state index is 12.4. The molecule has 0 aromatic heterocycles. The molecule has 1 N–H and O–H groups in total. The molecule has 16 heavy (non-hydrogen) atoms. The van der Waals surface area contributed by atoms with Gasteiger partial charge in [0, 0.05) is 6.54 Å². The SMILES string of the molecule is O=C1N(CC2CCSC2)CNC12CCCC2. The van der Waals surface area contributed by atoms with Crippen LogP contribution in [0.3, 0.4) is 0 Å². The van der Waals surface area contributed by atoms with Crippen LogP contribution in [0.2, 0.25) is 0 Å². The number of carbonyl (C=O) groups excluding carboxylic acids is 1. The predicted octanol–water partition coefficient (Wildman–Crippen LogP) is 1.44. The van der Waals surface area contributed by atoms with E-state index < -0.39 is 0 Å². The lowest BCUT2D eigenvalue weighted by Crippen LogP contribution is -2.44. The number of thioether (sulfide) groups is 1. The second-order valence-corrected chi connectivity index (χ2v) is 6.53. The van der Waals surface area contributed by atoms with Crippen LogP contribution in [0.25, 0.3) is 0 Å². The Kier molecular flexibility index (Phi) is 2.88. The van der Waals surface area contributed by atoms with E-state index in [9.17, 15) is 4.79 Å². The van der Waals surface area contributed by atoms with E-state index in [1.807, 2.05) is 11.8 Å². The zero-order valence-corrected chi connectivity index (χ0v) is 10.5. The Hall–Kier alpha value is -0.220. The van der Waals surface area contributed by atoms with Crippen LogP contribution in [0.15, 0.2) is 0 Å². The lowest BCUT2D eigenvalue weighted by atomic mass is 9.97. The average molecular weight is 240 g/mol. The van der Waals surface area contributed by atoms with Crippen molar-refractivity contribution >= 4 is 17.7 Å². The van der Waals surface area contributed by atoms with E-state index in [2.05, 4.69) is 10.2 Å². The van der Waals surface area contributed by atoms with Crippen molar-refractivity contribution in [1.29, 1.82) is 0 Å². The monoisotopic (exact) mass is 240 g/mol. The molecular weight excluding hydrogens is 220 g/mol. The summed E-state index contributed by atoms with van der Waals surface area (Å²) in [5, 5.41) is 3.48. The molecule has 1 atom stereocenters. The van der Waals surface area contributed by atoms with E-state index >= 15 is 0 Å². The summed E-state index contributed by atoms with van der Waals surface area (Å²) in [6.07, 6.45) is 5.84. The van der Waals surface area contributed by atoms with Gasteiger partial charge in [0.05, 0.1) is 12.2 Å². The summed E-state index contributed by atoms with van der Waals surface area (Å²) in [5.41, 5.74) is -0.147. The van der Waals surface area contributed by atoms with Crippen molar-refractivity contribution in [2.75, 3.05) is 24.7 Å². The normalized spacial score (nSPS) is 33.1. The molecule has 4 heteroatoms. The van der Waals surface area contributed by atoms with E-state index in [-0.39, 0.29) is 5.54 Å². The summed E-state index contributed by atoms with van der Waals surface area (Å²) in [6, 6.07) is 0. The molecule has 2 saturated heterocycles. The summed E-state index contributed by atoms with van der Waals surface area (Å²) in [6.45, 7) is 1.78. The lowest BCUT2D eigenvalue weighted by Gasteiger charge is -2.23. The zero-order valence-electron chi connectivity index (χ0n) is 9.71. The van der Waals surface area contributed by atoms with Crippen LogP contribution in [0.5, 0.6) is 0 Å². The number of nitrogens with one attached hydrogen (secondary N) is 1. The second-order valence-electron chi connectivity index (χ2n) is 5.38. The number of rotatable bonds is 2. The highest BCUT2D eigenvalue weighted by Crippen LogP contribution is 2.35. The van der Waals surface area contributed by atoms with Crippen molar-refractivity contribution in [3.63, 3.8) is 0 Å². The molecule has 90 valence electrons. The second kappa shape index (κ2) is 4.22. The fraction of sp³-hybridized carbons (Fsp3) is 0.917. The third kappa shape index (κ3) is 1.76. The first-order valence-electron chi connectivity index (χ1n) is 6.42. The van der Waals surface area contributed by atoms with Crippen LogP contribution in [0.1, 0.15) is 32.1 Å². The largest absolute Gasteiger partial charge is 0.328 e. The van der Waals surface area contributed by atoms with E-state index in [1.54, 1.807) is 0 Å². The van der Waals surface area contributed by atoms with Gasteiger partial charge in [0.15, 0.2) is 0 Å². The van der Waals surface area contributed by atoms with Gasteiger partial charge < -0.3 is 4.90 Å². The molecule has 1 unspecified atom stereocenters. The number of carbonyl (C=O) groups is 1. The van der Waals surface area contributed by atoms with Crippen LogP contribution in [-0.2, 0) is 4.79 Å². The molecule has 1 amide bonds. The van der Waals surface area contributed by atoms with Crippen LogP contribution in [-0.4, -0.2) is 41.1 Å². The molecule has 0 radical (unpaired) electrons. The highest BCUT2D eigenvalue weighted by Gasteiger charge is 2.48. The summed E-state index contributed by atoms with van der Waals surface area (Å²) < 4.78 is 0. The molecule has 3 rings (SSSR count). The molecule has 3 nitrogen and oxygen atoms in total. The average Bonchev–Trinajstić information content (AvgIpc) is 2.99. The van der Waals surface area contributed by atoms with Gasteiger partial charge in [-0.15, -0.1) is 0 Å². The fourth-order valence-corrected chi connectivity index (χ4v) is 4.52.